The van der Waals surface area contributed by atoms with E-state index in [2.05, 4.69) is 66.1 Å². The molecule has 2 aromatic rings. The van der Waals surface area contributed by atoms with Crippen LogP contribution in [0.3, 0.4) is 0 Å². The number of ether oxygens (including phenoxy) is 1. The van der Waals surface area contributed by atoms with Gasteiger partial charge in [0.25, 0.3) is 0 Å². The van der Waals surface area contributed by atoms with E-state index in [0.29, 0.717) is 0 Å². The highest BCUT2D eigenvalue weighted by atomic mass is 32.2. The second-order valence-electron chi connectivity index (χ2n) is 7.00. The van der Waals surface area contributed by atoms with Gasteiger partial charge in [0.2, 0.25) is 0 Å². The van der Waals surface area contributed by atoms with Crippen LogP contribution < -0.4 is 0 Å². The first-order chi connectivity index (χ1) is 13.3. The molecule has 2 aromatic carbocycles. The summed E-state index contributed by atoms with van der Waals surface area (Å²) in [5, 5.41) is 0. The van der Waals surface area contributed by atoms with Gasteiger partial charge in [-0.2, -0.15) is 0 Å². The van der Waals surface area contributed by atoms with Crippen molar-refractivity contribution >= 4 is 29.3 Å². The van der Waals surface area contributed by atoms with Crippen LogP contribution in [0.25, 0.3) is 5.76 Å². The maximum atomic E-state index is 6.40. The highest BCUT2D eigenvalue weighted by Gasteiger charge is 2.25. The molecule has 4 heteroatoms. The number of piperidine rings is 1. The van der Waals surface area contributed by atoms with E-state index in [1.807, 2.05) is 23.5 Å². The van der Waals surface area contributed by atoms with Crippen LogP contribution in [0.4, 0.5) is 0 Å². The largest absolute Gasteiger partial charge is 0.440 e. The van der Waals surface area contributed by atoms with Crippen LogP contribution in [0.5, 0.6) is 0 Å². The van der Waals surface area contributed by atoms with Gasteiger partial charge in [-0.1, -0.05) is 54.4 Å². The van der Waals surface area contributed by atoms with Gasteiger partial charge in [0.1, 0.15) is 5.76 Å². The first kappa shape index (κ1) is 17.1. The van der Waals surface area contributed by atoms with Crippen molar-refractivity contribution in [1.29, 1.82) is 0 Å². The van der Waals surface area contributed by atoms with Crippen molar-refractivity contribution in [3.05, 3.63) is 78.2 Å². The minimum Gasteiger partial charge on any atom is -0.440 e. The van der Waals surface area contributed by atoms with Gasteiger partial charge in [0.15, 0.2) is 5.88 Å². The number of hydrogen-bond acceptors (Lipinski definition) is 4. The molecule has 0 atom stereocenters. The van der Waals surface area contributed by atoms with Gasteiger partial charge in [-0.15, -0.1) is 0 Å². The maximum Gasteiger partial charge on any atom is 0.196 e. The Morgan fingerprint density at radius 2 is 1.56 bits per heavy atom. The van der Waals surface area contributed by atoms with E-state index in [0.717, 1.165) is 35.9 Å². The number of allylic oxidation sites excluding steroid dienone is 3. The molecule has 3 aliphatic heterocycles. The van der Waals surface area contributed by atoms with Gasteiger partial charge in [-0.3, -0.25) is 0 Å². The van der Waals surface area contributed by atoms with Crippen LogP contribution in [0, 0.1) is 0 Å². The molecular weight excluding hydrogens is 370 g/mol. The van der Waals surface area contributed by atoms with Gasteiger partial charge in [0, 0.05) is 44.3 Å². The van der Waals surface area contributed by atoms with Gasteiger partial charge in [-0.05, 0) is 49.1 Å². The van der Waals surface area contributed by atoms with Crippen molar-refractivity contribution in [2.75, 3.05) is 13.1 Å². The molecule has 0 unspecified atom stereocenters. The summed E-state index contributed by atoms with van der Waals surface area (Å²) in [6.45, 7) is 6.35. The van der Waals surface area contributed by atoms with E-state index >= 15 is 0 Å². The Morgan fingerprint density at radius 1 is 0.815 bits per heavy atom. The average molecular weight is 392 g/mol. The molecule has 0 bridgehead atoms. The van der Waals surface area contributed by atoms with Crippen molar-refractivity contribution in [1.82, 2.24) is 4.90 Å². The predicted molar refractivity (Wildman–Crippen MR) is 113 cm³/mol. The summed E-state index contributed by atoms with van der Waals surface area (Å²) in [6, 6.07) is 15.1. The Balaban J connectivity index is 1.48. The number of hydrogen-bond donors (Lipinski definition) is 0. The standard InChI is InChI=1S/C23H21NOS2/c1-16-14-18(25-22(15-16)24-12-5-2-6-13-24)17-8-7-11-21-23(17)27-20-10-4-3-9-19(20)26-21/h3-4,7-11,14-15H,1-2,5-6,12-13H2. The lowest BCUT2D eigenvalue weighted by molar-refractivity contribution is 0.169. The molecule has 0 saturated carbocycles. The fraction of sp³-hybridized carbons (Fsp3) is 0.217. The molecule has 0 spiro atoms. The lowest BCUT2D eigenvalue weighted by Crippen LogP contribution is -2.30. The number of rotatable bonds is 2. The van der Waals surface area contributed by atoms with Crippen LogP contribution in [-0.2, 0) is 4.74 Å². The van der Waals surface area contributed by atoms with Gasteiger partial charge in [-0.25, -0.2) is 0 Å². The molecule has 0 aliphatic carbocycles. The van der Waals surface area contributed by atoms with Gasteiger partial charge >= 0.3 is 0 Å². The fourth-order valence-corrected chi connectivity index (χ4v) is 6.07. The molecule has 27 heavy (non-hydrogen) atoms. The fourth-order valence-electron chi connectivity index (χ4n) is 3.69. The third-order valence-electron chi connectivity index (χ3n) is 5.03. The van der Waals surface area contributed by atoms with Crippen LogP contribution >= 0.6 is 23.5 Å². The van der Waals surface area contributed by atoms with E-state index in [4.69, 9.17) is 4.74 Å². The highest BCUT2D eigenvalue weighted by Crippen LogP contribution is 2.51. The number of benzene rings is 2. The second kappa shape index (κ2) is 7.17. The Morgan fingerprint density at radius 3 is 2.37 bits per heavy atom. The smallest absolute Gasteiger partial charge is 0.196 e. The molecule has 0 amide bonds. The molecule has 136 valence electrons. The Labute approximate surface area is 169 Å². The Bertz CT molecular complexity index is 970. The average Bonchev–Trinajstić information content (AvgIpc) is 2.72. The number of likely N-dealkylation sites (tertiary alicyclic amines) is 1. The quantitative estimate of drug-likeness (QED) is 0.490. The Kier molecular flexibility index (Phi) is 4.54. The zero-order valence-electron chi connectivity index (χ0n) is 15.1. The van der Waals surface area contributed by atoms with Crippen molar-refractivity contribution in [2.24, 2.45) is 0 Å². The monoisotopic (exact) mass is 391 g/mol. The first-order valence-corrected chi connectivity index (χ1v) is 11.0. The summed E-state index contributed by atoms with van der Waals surface area (Å²) >= 11 is 3.68. The van der Waals surface area contributed by atoms with E-state index in [-0.39, 0.29) is 0 Å². The summed E-state index contributed by atoms with van der Waals surface area (Å²) in [4.78, 5) is 7.56. The highest BCUT2D eigenvalue weighted by molar-refractivity contribution is 8.05. The topological polar surface area (TPSA) is 12.5 Å². The van der Waals surface area contributed by atoms with Crippen LogP contribution in [0.15, 0.2) is 92.2 Å². The van der Waals surface area contributed by atoms with E-state index in [9.17, 15) is 0 Å². The summed E-state index contributed by atoms with van der Waals surface area (Å²) in [7, 11) is 0. The van der Waals surface area contributed by atoms with Crippen LogP contribution in [0.1, 0.15) is 24.8 Å². The van der Waals surface area contributed by atoms with E-state index in [1.165, 1.54) is 38.8 Å². The zero-order valence-corrected chi connectivity index (χ0v) is 16.7. The molecule has 1 saturated heterocycles. The predicted octanol–water partition coefficient (Wildman–Crippen LogP) is 6.56. The van der Waals surface area contributed by atoms with Crippen molar-refractivity contribution in [2.45, 2.75) is 38.8 Å². The molecule has 3 aliphatic rings. The molecule has 0 radical (unpaired) electrons. The molecule has 5 rings (SSSR count). The van der Waals surface area contributed by atoms with Crippen molar-refractivity contribution in [3.63, 3.8) is 0 Å². The molecule has 2 nitrogen and oxygen atoms in total. The summed E-state index contributed by atoms with van der Waals surface area (Å²) in [5.74, 6) is 1.86. The third kappa shape index (κ3) is 3.32. The number of fused-ring (bicyclic) bond motifs is 2. The lowest BCUT2D eigenvalue weighted by Gasteiger charge is -2.33. The van der Waals surface area contributed by atoms with Gasteiger partial charge < -0.3 is 9.64 Å². The number of nitrogens with zero attached hydrogens (tertiary/aromatic N) is 1. The first-order valence-electron chi connectivity index (χ1n) is 9.41. The van der Waals surface area contributed by atoms with Crippen LogP contribution in [0.2, 0.25) is 0 Å². The Hall–Kier alpha value is -2.04. The maximum absolute atomic E-state index is 6.40. The van der Waals surface area contributed by atoms with Crippen molar-refractivity contribution in [3.8, 4) is 0 Å². The molecule has 3 heterocycles. The molecule has 0 N–H and O–H groups in total. The molecule has 0 aromatic heterocycles. The second-order valence-corrected chi connectivity index (χ2v) is 9.14. The minimum absolute atomic E-state index is 0.910. The normalized spacial score (nSPS) is 18.8. The van der Waals surface area contributed by atoms with Crippen molar-refractivity contribution < 1.29 is 4.74 Å². The van der Waals surface area contributed by atoms with E-state index in [1.54, 1.807) is 0 Å². The molecule has 1 fully saturated rings. The SMILES string of the molecule is C=C1C=C(c2cccc3c2Sc2ccccc2S3)OC(N2CCCCC2)=C1. The summed E-state index contributed by atoms with van der Waals surface area (Å²) < 4.78 is 6.40. The molecular formula is C23H21NOS2. The van der Waals surface area contributed by atoms with Gasteiger partial charge in [0.05, 0.1) is 0 Å². The van der Waals surface area contributed by atoms with Crippen LogP contribution in [-0.4, -0.2) is 18.0 Å². The summed E-state index contributed by atoms with van der Waals surface area (Å²) in [5.41, 5.74) is 2.16. The third-order valence-corrected chi connectivity index (χ3v) is 7.65. The van der Waals surface area contributed by atoms with E-state index < -0.39 is 0 Å². The summed E-state index contributed by atoms with van der Waals surface area (Å²) in [6.07, 6.45) is 7.91. The lowest BCUT2D eigenvalue weighted by atomic mass is 10.1. The minimum atomic E-state index is 0.910. The zero-order chi connectivity index (χ0) is 18.2.